The van der Waals surface area contributed by atoms with Gasteiger partial charge in [-0.2, -0.15) is 5.10 Å². The number of carbonyl (C=O) groups is 1. The van der Waals surface area contributed by atoms with Crippen molar-refractivity contribution in [1.82, 2.24) is 14.8 Å². The number of halogens is 2. The number of nitrogens with two attached hydrogens (primary N) is 1. The number of rotatable bonds is 6. The molecular weight excluding hydrogens is 371 g/mol. The van der Waals surface area contributed by atoms with Crippen molar-refractivity contribution < 1.29 is 20.0 Å². The number of aliphatic hydroxyl groups excluding tert-OH is 1. The Morgan fingerprint density at radius 3 is 2.74 bits per heavy atom. The van der Waals surface area contributed by atoms with Gasteiger partial charge in [-0.3, -0.25) is 4.79 Å². The van der Waals surface area contributed by atoms with E-state index in [1.54, 1.807) is 12.3 Å². The van der Waals surface area contributed by atoms with E-state index in [9.17, 15) is 9.18 Å². The molecule has 1 atom stereocenters. The van der Waals surface area contributed by atoms with Gasteiger partial charge < -0.3 is 10.8 Å². The minimum absolute atomic E-state index is 0. The van der Waals surface area contributed by atoms with Gasteiger partial charge in [-0.25, -0.2) is 14.1 Å². The number of hydrogen-bond acceptors (Lipinski definition) is 5. The van der Waals surface area contributed by atoms with Gasteiger partial charge >= 0.3 is 0 Å². The van der Waals surface area contributed by atoms with Crippen LogP contribution < -0.4 is 5.73 Å². The summed E-state index contributed by atoms with van der Waals surface area (Å²) in [4.78, 5) is 17.0. The van der Waals surface area contributed by atoms with Crippen LogP contribution in [-0.2, 0) is 6.61 Å². The molecule has 27 heavy (non-hydrogen) atoms. The molecule has 0 aliphatic carbocycles. The Bertz CT molecular complexity index is 990. The van der Waals surface area contributed by atoms with Gasteiger partial charge in [-0.15, -0.1) is 0 Å². The molecule has 0 aliphatic heterocycles. The molecule has 0 radical (unpaired) electrons. The van der Waals surface area contributed by atoms with Crippen LogP contribution >= 0.6 is 11.6 Å². The number of nitrogens with zero attached hydrogens (tertiary/aromatic N) is 3. The Hall–Kier alpha value is -2.61. The molecule has 0 amide bonds. The fourth-order valence-electron chi connectivity index (χ4n) is 2.65. The summed E-state index contributed by atoms with van der Waals surface area (Å²) in [6, 6.07) is 5.56. The van der Waals surface area contributed by atoms with E-state index in [0.717, 1.165) is 0 Å². The summed E-state index contributed by atoms with van der Waals surface area (Å²) in [5.74, 6) is -0.816. The van der Waals surface area contributed by atoms with Crippen molar-refractivity contribution in [2.45, 2.75) is 26.0 Å². The zero-order valence-electron chi connectivity index (χ0n) is 14.6. The van der Waals surface area contributed by atoms with Gasteiger partial charge in [0, 0.05) is 40.8 Å². The molecule has 0 bridgehead atoms. The van der Waals surface area contributed by atoms with Crippen molar-refractivity contribution in [3.8, 4) is 5.82 Å². The lowest BCUT2D eigenvalue weighted by atomic mass is 9.97. The highest BCUT2D eigenvalue weighted by atomic mass is 35.5. The van der Waals surface area contributed by atoms with Crippen LogP contribution in [0.4, 0.5) is 4.39 Å². The molecule has 0 fully saturated rings. The van der Waals surface area contributed by atoms with Gasteiger partial charge in [0.2, 0.25) is 0 Å². The van der Waals surface area contributed by atoms with Gasteiger partial charge in [-0.05, 0) is 24.6 Å². The Labute approximate surface area is 166 Å². The maximum absolute atomic E-state index is 14.8. The normalized spacial score (nSPS) is 12.2. The van der Waals surface area contributed by atoms with Gasteiger partial charge in [-0.1, -0.05) is 24.6 Å². The van der Waals surface area contributed by atoms with Crippen LogP contribution in [0.15, 0.2) is 42.9 Å². The van der Waals surface area contributed by atoms with Crippen LogP contribution in [0, 0.1) is 5.82 Å². The standard InChI is InChI=1S/C19H18ClFN4O2.4H2/c1-2-15(22)13-4-5-14(20)17(18(13)21)19(27)12-3-6-16(23-8-12)25-9-11(10-26)7-24-25;;;;/h3-9,15,26H,2,10,22H2,1H3;4*1H/t15-;;;;/m1..../s1. The molecule has 148 valence electrons. The van der Waals surface area contributed by atoms with Crippen molar-refractivity contribution >= 4 is 17.4 Å². The number of hydrogen-bond donors (Lipinski definition) is 2. The number of pyridine rings is 1. The highest BCUT2D eigenvalue weighted by molar-refractivity contribution is 6.35. The van der Waals surface area contributed by atoms with Crippen LogP contribution in [0.25, 0.3) is 5.82 Å². The lowest BCUT2D eigenvalue weighted by Gasteiger charge is -2.14. The van der Waals surface area contributed by atoms with Crippen molar-refractivity contribution in [1.29, 1.82) is 0 Å². The Morgan fingerprint density at radius 1 is 1.37 bits per heavy atom. The van der Waals surface area contributed by atoms with E-state index in [2.05, 4.69) is 10.1 Å². The maximum Gasteiger partial charge on any atom is 0.199 e. The molecule has 3 aromatic rings. The molecule has 0 unspecified atom stereocenters. The van der Waals surface area contributed by atoms with E-state index in [1.807, 2.05) is 6.92 Å². The smallest absolute Gasteiger partial charge is 0.199 e. The molecule has 0 aliphatic rings. The summed E-state index contributed by atoms with van der Waals surface area (Å²) in [5.41, 5.74) is 6.78. The van der Waals surface area contributed by atoms with Crippen molar-refractivity contribution in [2.75, 3.05) is 0 Å². The second-order valence-electron chi connectivity index (χ2n) is 6.03. The van der Waals surface area contributed by atoms with E-state index >= 15 is 0 Å². The summed E-state index contributed by atoms with van der Waals surface area (Å²) in [7, 11) is 0. The third-order valence-electron chi connectivity index (χ3n) is 4.25. The first kappa shape index (κ1) is 19.2. The number of aromatic nitrogens is 3. The molecular formula is C19H26ClFN4O2. The summed E-state index contributed by atoms with van der Waals surface area (Å²) >= 11 is 6.08. The summed E-state index contributed by atoms with van der Waals surface area (Å²) in [6.45, 7) is 1.70. The maximum atomic E-state index is 14.8. The molecule has 0 saturated heterocycles. The summed E-state index contributed by atoms with van der Waals surface area (Å²) < 4.78 is 16.3. The molecule has 3 N–H and O–H groups in total. The first-order valence-corrected chi connectivity index (χ1v) is 8.73. The van der Waals surface area contributed by atoms with Crippen LogP contribution in [-0.4, -0.2) is 25.7 Å². The predicted octanol–water partition coefficient (Wildman–Crippen LogP) is 4.18. The van der Waals surface area contributed by atoms with Gasteiger partial charge in [0.15, 0.2) is 11.6 Å². The molecule has 2 aromatic heterocycles. The van der Waals surface area contributed by atoms with Gasteiger partial charge in [0.05, 0.1) is 23.4 Å². The number of benzene rings is 1. The zero-order valence-corrected chi connectivity index (χ0v) is 15.3. The Balaban J connectivity index is 0. The molecule has 0 spiro atoms. The topological polar surface area (TPSA) is 94.0 Å². The second kappa shape index (κ2) is 7.96. The Kier molecular flexibility index (Phi) is 5.65. The lowest BCUT2D eigenvalue weighted by molar-refractivity contribution is 0.103. The average molecular weight is 397 g/mol. The number of aliphatic hydroxyl groups is 1. The molecule has 6 nitrogen and oxygen atoms in total. The monoisotopic (exact) mass is 396 g/mol. The van der Waals surface area contributed by atoms with E-state index in [4.69, 9.17) is 22.4 Å². The molecule has 3 rings (SSSR count). The zero-order chi connectivity index (χ0) is 19.6. The van der Waals surface area contributed by atoms with Crippen LogP contribution in [0.3, 0.4) is 0 Å². The highest BCUT2D eigenvalue weighted by Gasteiger charge is 2.23. The molecule has 2 heterocycles. The van der Waals surface area contributed by atoms with Crippen molar-refractivity contribution in [3.05, 3.63) is 75.9 Å². The third-order valence-corrected chi connectivity index (χ3v) is 4.57. The largest absolute Gasteiger partial charge is 0.392 e. The third kappa shape index (κ3) is 3.75. The van der Waals surface area contributed by atoms with Crippen LogP contribution in [0.1, 0.15) is 52.1 Å². The number of carbonyl (C=O) groups excluding carboxylic acids is 1. The first-order chi connectivity index (χ1) is 13.0. The molecule has 8 heteroatoms. The lowest BCUT2D eigenvalue weighted by Crippen LogP contribution is -2.15. The average Bonchev–Trinajstić information content (AvgIpc) is 3.17. The minimum atomic E-state index is -0.703. The van der Waals surface area contributed by atoms with Crippen LogP contribution in [0.5, 0.6) is 0 Å². The van der Waals surface area contributed by atoms with E-state index in [0.29, 0.717) is 17.8 Å². The fourth-order valence-corrected chi connectivity index (χ4v) is 2.88. The highest BCUT2D eigenvalue weighted by Crippen LogP contribution is 2.28. The van der Waals surface area contributed by atoms with Crippen molar-refractivity contribution in [3.63, 3.8) is 0 Å². The SMILES string of the molecule is CC[C@@H](N)c1ccc(Cl)c(C(=O)c2ccc(-n3cc(CO)cn3)nc2)c1F.[HH].[HH].[HH].[HH]. The van der Waals surface area contributed by atoms with Crippen LogP contribution in [0.2, 0.25) is 5.02 Å². The van der Waals surface area contributed by atoms with Crippen molar-refractivity contribution in [2.24, 2.45) is 5.73 Å². The van der Waals surface area contributed by atoms with E-state index < -0.39 is 17.6 Å². The summed E-state index contributed by atoms with van der Waals surface area (Å²) in [5, 5.41) is 13.2. The second-order valence-corrected chi connectivity index (χ2v) is 6.43. The predicted molar refractivity (Wildman–Crippen MR) is 108 cm³/mol. The van der Waals surface area contributed by atoms with Gasteiger partial charge in [0.1, 0.15) is 5.82 Å². The minimum Gasteiger partial charge on any atom is -0.392 e. The van der Waals surface area contributed by atoms with E-state index in [-0.39, 0.29) is 34.0 Å². The number of ketones is 1. The summed E-state index contributed by atoms with van der Waals surface area (Å²) in [6.07, 6.45) is 5.00. The van der Waals surface area contributed by atoms with E-state index in [1.165, 1.54) is 35.3 Å². The fraction of sp³-hybridized carbons (Fsp3) is 0.211. The first-order valence-electron chi connectivity index (χ1n) is 8.35. The quantitative estimate of drug-likeness (QED) is 0.609. The van der Waals surface area contributed by atoms with Gasteiger partial charge in [0.25, 0.3) is 0 Å². The molecule has 0 saturated carbocycles. The Morgan fingerprint density at radius 2 is 2.15 bits per heavy atom. The molecule has 1 aromatic carbocycles.